The first kappa shape index (κ1) is 16.6. The third-order valence-electron chi connectivity index (χ3n) is 2.69. The maximum Gasteiger partial charge on any atom is 0.326 e. The van der Waals surface area contributed by atoms with Gasteiger partial charge in [0.1, 0.15) is 11.9 Å². The molecule has 0 spiro atoms. The Bertz CT molecular complexity index is 514. The van der Waals surface area contributed by atoms with Crippen molar-refractivity contribution in [2.75, 3.05) is 7.11 Å². The highest BCUT2D eigenvalue weighted by Gasteiger charge is 2.23. The van der Waals surface area contributed by atoms with E-state index in [1.807, 2.05) is 6.92 Å². The molecule has 0 aliphatic rings. The van der Waals surface area contributed by atoms with E-state index in [9.17, 15) is 14.4 Å². The van der Waals surface area contributed by atoms with Crippen LogP contribution in [0.5, 0.6) is 0 Å². The second kappa shape index (κ2) is 7.98. The Kier molecular flexibility index (Phi) is 6.31. The number of nitrogens with zero attached hydrogens (tertiary/aromatic N) is 2. The maximum absolute atomic E-state index is 11.9. The topological polar surface area (TPSA) is 134 Å². The lowest BCUT2D eigenvalue weighted by Gasteiger charge is -2.12. The largest absolute Gasteiger partial charge is 0.480 e. The molecule has 21 heavy (non-hydrogen) atoms. The molecule has 0 saturated heterocycles. The van der Waals surface area contributed by atoms with Gasteiger partial charge in [0.15, 0.2) is 0 Å². The second-order valence-electron chi connectivity index (χ2n) is 4.33. The summed E-state index contributed by atoms with van der Waals surface area (Å²) < 4.78 is 4.43. The molecular weight excluding hydrogens is 280 g/mol. The van der Waals surface area contributed by atoms with E-state index in [-0.39, 0.29) is 18.7 Å². The average Bonchev–Trinajstić information content (AvgIpc) is 2.91. The summed E-state index contributed by atoms with van der Waals surface area (Å²) in [5.41, 5.74) is 0. The molecule has 9 nitrogen and oxygen atoms in total. The number of carboxylic acids is 1. The summed E-state index contributed by atoms with van der Waals surface area (Å²) >= 11 is 0. The fraction of sp³-hybridized carbons (Fsp3) is 0.583. The number of hydrogen-bond donors (Lipinski definition) is 3. The molecule has 1 aromatic heterocycles. The van der Waals surface area contributed by atoms with Crippen LogP contribution in [0.3, 0.4) is 0 Å². The minimum absolute atomic E-state index is 0.0695. The smallest absolute Gasteiger partial charge is 0.326 e. The van der Waals surface area contributed by atoms with Gasteiger partial charge in [-0.05, 0) is 12.8 Å². The Labute approximate surface area is 121 Å². The van der Waals surface area contributed by atoms with Gasteiger partial charge in [-0.1, -0.05) is 6.92 Å². The van der Waals surface area contributed by atoms with Crippen LogP contribution in [0, 0.1) is 0 Å². The predicted molar refractivity (Wildman–Crippen MR) is 70.5 cm³/mol. The number of aryl methyl sites for hydroxylation is 1. The molecule has 1 aromatic rings. The van der Waals surface area contributed by atoms with Crippen LogP contribution < -0.4 is 5.32 Å². The van der Waals surface area contributed by atoms with E-state index in [2.05, 4.69) is 25.2 Å². The number of carboxylic acid groups (broad SMARTS) is 1. The van der Waals surface area contributed by atoms with E-state index in [0.717, 1.165) is 6.42 Å². The van der Waals surface area contributed by atoms with Crippen molar-refractivity contribution in [1.29, 1.82) is 0 Å². The van der Waals surface area contributed by atoms with Gasteiger partial charge >= 0.3 is 11.9 Å². The predicted octanol–water partition coefficient (Wildman–Crippen LogP) is -0.107. The van der Waals surface area contributed by atoms with E-state index in [0.29, 0.717) is 12.2 Å². The molecule has 0 fully saturated rings. The molecule has 3 N–H and O–H groups in total. The average molecular weight is 298 g/mol. The number of methoxy groups -OCH3 is 1. The summed E-state index contributed by atoms with van der Waals surface area (Å²) in [7, 11) is 1.21. The first-order chi connectivity index (χ1) is 9.97. The number of amides is 1. The van der Waals surface area contributed by atoms with Gasteiger partial charge in [0, 0.05) is 12.8 Å². The van der Waals surface area contributed by atoms with Gasteiger partial charge in [0.05, 0.1) is 7.11 Å². The first-order valence-corrected chi connectivity index (χ1v) is 6.49. The number of carbonyl (C=O) groups excluding carboxylic acids is 2. The Morgan fingerprint density at radius 3 is 2.71 bits per heavy atom. The number of aromatic nitrogens is 3. The van der Waals surface area contributed by atoms with E-state index in [1.165, 1.54) is 7.11 Å². The Balaban J connectivity index is 2.62. The molecule has 1 atom stereocenters. The monoisotopic (exact) mass is 298 g/mol. The Hall–Kier alpha value is -2.45. The third kappa shape index (κ3) is 5.21. The molecule has 1 rings (SSSR count). The van der Waals surface area contributed by atoms with Crippen molar-refractivity contribution < 1.29 is 24.2 Å². The normalized spacial score (nSPS) is 11.7. The maximum atomic E-state index is 11.9. The number of aromatic amines is 1. The number of nitrogens with one attached hydrogen (secondary N) is 2. The highest BCUT2D eigenvalue weighted by molar-refractivity contribution is 5.93. The van der Waals surface area contributed by atoms with Gasteiger partial charge < -0.3 is 15.2 Å². The number of hydrogen-bond acceptors (Lipinski definition) is 6. The standard InChI is InChI=1S/C12H18N4O5/c1-3-4-8-14-10(16-15-8)11(18)13-7(12(19)20)5-6-9(17)21-2/h7H,3-6H2,1-2H3,(H,13,18)(H,19,20)(H,14,15,16)/t7-/m0/s1. The van der Waals surface area contributed by atoms with Gasteiger partial charge in [-0.2, -0.15) is 0 Å². The number of esters is 1. The summed E-state index contributed by atoms with van der Waals surface area (Å²) in [4.78, 5) is 37.9. The van der Waals surface area contributed by atoms with Crippen LogP contribution in [-0.4, -0.2) is 51.3 Å². The molecule has 0 aliphatic carbocycles. The summed E-state index contributed by atoms with van der Waals surface area (Å²) in [6, 6.07) is -1.20. The van der Waals surface area contributed by atoms with Crippen molar-refractivity contribution >= 4 is 17.8 Å². The number of aliphatic carboxylic acids is 1. The Morgan fingerprint density at radius 2 is 2.14 bits per heavy atom. The van der Waals surface area contributed by atoms with E-state index in [1.54, 1.807) is 0 Å². The highest BCUT2D eigenvalue weighted by Crippen LogP contribution is 2.02. The lowest BCUT2D eigenvalue weighted by atomic mass is 10.1. The molecule has 0 saturated carbocycles. The van der Waals surface area contributed by atoms with Gasteiger partial charge in [0.2, 0.25) is 5.82 Å². The molecule has 0 aromatic carbocycles. The zero-order chi connectivity index (χ0) is 15.8. The van der Waals surface area contributed by atoms with Crippen molar-refractivity contribution in [1.82, 2.24) is 20.5 Å². The van der Waals surface area contributed by atoms with Crippen LogP contribution in [-0.2, 0) is 20.7 Å². The van der Waals surface area contributed by atoms with Crippen LogP contribution in [0.4, 0.5) is 0 Å². The molecule has 0 unspecified atom stereocenters. The summed E-state index contributed by atoms with van der Waals surface area (Å²) in [6.45, 7) is 1.95. The minimum atomic E-state index is -1.24. The lowest BCUT2D eigenvalue weighted by Crippen LogP contribution is -2.41. The van der Waals surface area contributed by atoms with E-state index >= 15 is 0 Å². The number of ether oxygens (including phenoxy) is 1. The molecule has 0 aliphatic heterocycles. The number of rotatable bonds is 8. The molecule has 9 heteroatoms. The highest BCUT2D eigenvalue weighted by atomic mass is 16.5. The van der Waals surface area contributed by atoms with Gasteiger partial charge in [0.25, 0.3) is 5.91 Å². The first-order valence-electron chi connectivity index (χ1n) is 6.49. The van der Waals surface area contributed by atoms with E-state index in [4.69, 9.17) is 5.11 Å². The SMILES string of the molecule is CCCc1nc(C(=O)N[C@@H](CCC(=O)OC)C(=O)O)n[nH]1. The fourth-order valence-corrected chi connectivity index (χ4v) is 1.59. The molecule has 1 heterocycles. The van der Waals surface area contributed by atoms with E-state index < -0.39 is 23.9 Å². The van der Waals surface area contributed by atoms with Crippen LogP contribution >= 0.6 is 0 Å². The fourth-order valence-electron chi connectivity index (χ4n) is 1.59. The zero-order valence-electron chi connectivity index (χ0n) is 11.9. The van der Waals surface area contributed by atoms with Crippen molar-refractivity contribution in [2.45, 2.75) is 38.6 Å². The van der Waals surface area contributed by atoms with Crippen LogP contribution in [0.2, 0.25) is 0 Å². The summed E-state index contributed by atoms with van der Waals surface area (Å²) in [6.07, 6.45) is 1.31. The van der Waals surface area contributed by atoms with Crippen LogP contribution in [0.1, 0.15) is 42.6 Å². The zero-order valence-corrected chi connectivity index (χ0v) is 11.9. The van der Waals surface area contributed by atoms with Crippen LogP contribution in [0.25, 0.3) is 0 Å². The van der Waals surface area contributed by atoms with Crippen LogP contribution in [0.15, 0.2) is 0 Å². The van der Waals surface area contributed by atoms with Crippen molar-refractivity contribution in [3.05, 3.63) is 11.6 Å². The lowest BCUT2D eigenvalue weighted by molar-refractivity contribution is -0.142. The van der Waals surface area contributed by atoms with Crippen molar-refractivity contribution in [2.24, 2.45) is 0 Å². The van der Waals surface area contributed by atoms with Gasteiger partial charge in [-0.25, -0.2) is 9.78 Å². The third-order valence-corrected chi connectivity index (χ3v) is 2.69. The molecule has 0 bridgehead atoms. The summed E-state index contributed by atoms with van der Waals surface area (Å²) in [5, 5.41) is 17.6. The minimum Gasteiger partial charge on any atom is -0.480 e. The Morgan fingerprint density at radius 1 is 1.43 bits per heavy atom. The van der Waals surface area contributed by atoms with Gasteiger partial charge in [-0.3, -0.25) is 14.7 Å². The second-order valence-corrected chi connectivity index (χ2v) is 4.33. The van der Waals surface area contributed by atoms with Crippen molar-refractivity contribution in [3.8, 4) is 0 Å². The molecule has 0 radical (unpaired) electrons. The van der Waals surface area contributed by atoms with Crippen molar-refractivity contribution in [3.63, 3.8) is 0 Å². The number of carbonyl (C=O) groups is 3. The number of H-pyrrole nitrogens is 1. The molecular formula is C12H18N4O5. The molecule has 1 amide bonds. The quantitative estimate of drug-likeness (QED) is 0.570. The molecule has 116 valence electrons. The van der Waals surface area contributed by atoms with Gasteiger partial charge in [-0.15, -0.1) is 5.10 Å². The summed E-state index contributed by atoms with van der Waals surface area (Å²) in [5.74, 6) is -2.05.